The Hall–Kier alpha value is 0.500. The second-order valence-corrected chi connectivity index (χ2v) is 0.908. The number of nitrogens with one attached hydrogen (secondary N) is 1. The van der Waals surface area contributed by atoms with Crippen LogP contribution in [0.1, 0.15) is 13.3 Å². The molecule has 0 saturated carbocycles. The second kappa shape index (κ2) is 16.1. The molecule has 2 nitrogen and oxygen atoms in total. The summed E-state index contributed by atoms with van der Waals surface area (Å²) in [5.74, 6) is 0. The summed E-state index contributed by atoms with van der Waals surface area (Å²) in [6.45, 7) is 2.68. The highest BCUT2D eigenvalue weighted by molar-refractivity contribution is 5.85. The molecule has 0 fully saturated rings. The summed E-state index contributed by atoms with van der Waals surface area (Å²) in [4.78, 5) is 0. The summed E-state index contributed by atoms with van der Waals surface area (Å²) in [5, 5.41) is 7.82. The van der Waals surface area contributed by atoms with Gasteiger partial charge >= 0.3 is 0 Å². The van der Waals surface area contributed by atoms with Gasteiger partial charge in [0.05, 0.1) is 0 Å². The SMILES string of the molecule is CCCNO.Cl.Cl. The minimum Gasteiger partial charge on any atom is -0.317 e. The number of halogens is 2. The van der Waals surface area contributed by atoms with Crippen LogP contribution >= 0.6 is 24.8 Å². The van der Waals surface area contributed by atoms with E-state index in [1.54, 1.807) is 0 Å². The molecule has 0 spiro atoms. The van der Waals surface area contributed by atoms with E-state index in [-0.39, 0.29) is 24.8 Å². The fourth-order valence-electron chi connectivity index (χ4n) is 0.112. The summed E-state index contributed by atoms with van der Waals surface area (Å²) in [6.07, 6.45) is 0.983. The van der Waals surface area contributed by atoms with E-state index in [0.29, 0.717) is 6.54 Å². The van der Waals surface area contributed by atoms with E-state index in [4.69, 9.17) is 5.21 Å². The van der Waals surface area contributed by atoms with Gasteiger partial charge in [-0.25, -0.2) is 5.48 Å². The zero-order valence-electron chi connectivity index (χ0n) is 4.18. The van der Waals surface area contributed by atoms with Crippen molar-refractivity contribution < 1.29 is 5.21 Å². The number of hydroxylamine groups is 1. The first-order valence-corrected chi connectivity index (χ1v) is 1.78. The van der Waals surface area contributed by atoms with Crippen LogP contribution in [0.25, 0.3) is 0 Å². The molecule has 4 heteroatoms. The predicted octanol–water partition coefficient (Wildman–Crippen LogP) is 1.22. The van der Waals surface area contributed by atoms with Crippen LogP contribution in [0.5, 0.6) is 0 Å². The zero-order valence-corrected chi connectivity index (χ0v) is 5.81. The van der Waals surface area contributed by atoms with Gasteiger partial charge in [-0.3, -0.25) is 0 Å². The highest BCUT2D eigenvalue weighted by Gasteiger charge is 1.66. The van der Waals surface area contributed by atoms with Gasteiger partial charge in [-0.05, 0) is 6.42 Å². The first-order chi connectivity index (χ1) is 2.41. The molecule has 0 heterocycles. The van der Waals surface area contributed by atoms with E-state index >= 15 is 0 Å². The molecule has 0 aromatic carbocycles. The van der Waals surface area contributed by atoms with E-state index in [2.05, 4.69) is 0 Å². The topological polar surface area (TPSA) is 32.3 Å². The van der Waals surface area contributed by atoms with Crippen LogP contribution in [0.4, 0.5) is 0 Å². The molecule has 0 atom stereocenters. The van der Waals surface area contributed by atoms with Gasteiger partial charge in [-0.2, -0.15) is 0 Å². The second-order valence-electron chi connectivity index (χ2n) is 0.908. The standard InChI is InChI=1S/C3H9NO.2ClH/c1-2-3-4-5;;/h4-5H,2-3H2,1H3;2*1H. The average Bonchev–Trinajstić information content (AvgIpc) is 1.41. The van der Waals surface area contributed by atoms with Crippen LogP contribution in [-0.4, -0.2) is 11.8 Å². The molecular formula is C3H11Cl2NO. The summed E-state index contributed by atoms with van der Waals surface area (Å²) in [7, 11) is 0. The zero-order chi connectivity index (χ0) is 4.12. The molecule has 0 bridgehead atoms. The highest BCUT2D eigenvalue weighted by atomic mass is 35.5. The lowest BCUT2D eigenvalue weighted by Gasteiger charge is -1.83. The van der Waals surface area contributed by atoms with Crippen LogP contribution in [0.2, 0.25) is 0 Å². The van der Waals surface area contributed by atoms with Gasteiger partial charge in [0.1, 0.15) is 0 Å². The number of hydrogen-bond donors (Lipinski definition) is 2. The third kappa shape index (κ3) is 21.1. The van der Waals surface area contributed by atoms with Crippen molar-refractivity contribution in [1.82, 2.24) is 5.48 Å². The molecular weight excluding hydrogens is 137 g/mol. The van der Waals surface area contributed by atoms with Crippen molar-refractivity contribution in [3.05, 3.63) is 0 Å². The van der Waals surface area contributed by atoms with Gasteiger partial charge in [0.25, 0.3) is 0 Å². The fraction of sp³-hybridized carbons (Fsp3) is 1.00. The van der Waals surface area contributed by atoms with Crippen LogP contribution in [0.15, 0.2) is 0 Å². The van der Waals surface area contributed by atoms with Crippen molar-refractivity contribution in [2.75, 3.05) is 6.54 Å². The Morgan fingerprint density at radius 2 is 1.86 bits per heavy atom. The maximum atomic E-state index is 7.82. The van der Waals surface area contributed by atoms with Crippen molar-refractivity contribution in [3.8, 4) is 0 Å². The van der Waals surface area contributed by atoms with Gasteiger partial charge in [0.15, 0.2) is 0 Å². The van der Waals surface area contributed by atoms with Gasteiger partial charge in [0, 0.05) is 6.54 Å². The van der Waals surface area contributed by atoms with Crippen LogP contribution in [0, 0.1) is 0 Å². The Balaban J connectivity index is -0.0000000800. The highest BCUT2D eigenvalue weighted by Crippen LogP contribution is 1.62. The Bertz CT molecular complexity index is 20.4. The van der Waals surface area contributed by atoms with Crippen LogP contribution in [0.3, 0.4) is 0 Å². The normalized spacial score (nSPS) is 6.00. The smallest absolute Gasteiger partial charge is 0.0204 e. The molecule has 0 aliphatic heterocycles. The van der Waals surface area contributed by atoms with Gasteiger partial charge in [0.2, 0.25) is 0 Å². The molecule has 0 aromatic heterocycles. The van der Waals surface area contributed by atoms with Crippen molar-refractivity contribution in [2.45, 2.75) is 13.3 Å². The molecule has 7 heavy (non-hydrogen) atoms. The number of hydrogen-bond acceptors (Lipinski definition) is 2. The largest absolute Gasteiger partial charge is 0.317 e. The van der Waals surface area contributed by atoms with E-state index in [9.17, 15) is 0 Å². The van der Waals surface area contributed by atoms with Crippen LogP contribution in [-0.2, 0) is 0 Å². The minimum atomic E-state index is 0. The van der Waals surface area contributed by atoms with Crippen molar-refractivity contribution in [2.24, 2.45) is 0 Å². The molecule has 0 saturated heterocycles. The molecule has 0 amide bonds. The van der Waals surface area contributed by atoms with E-state index in [1.807, 2.05) is 12.4 Å². The molecule has 0 unspecified atom stereocenters. The van der Waals surface area contributed by atoms with Crippen molar-refractivity contribution in [3.63, 3.8) is 0 Å². The first kappa shape index (κ1) is 15.6. The van der Waals surface area contributed by atoms with Gasteiger partial charge in [-0.1, -0.05) is 6.92 Å². The Labute approximate surface area is 56.1 Å². The Morgan fingerprint density at radius 1 is 1.43 bits per heavy atom. The monoisotopic (exact) mass is 147 g/mol. The maximum Gasteiger partial charge on any atom is 0.0204 e. The predicted molar refractivity (Wildman–Crippen MR) is 34.6 cm³/mol. The van der Waals surface area contributed by atoms with Crippen LogP contribution < -0.4 is 5.48 Å². The molecule has 48 valence electrons. The minimum absolute atomic E-state index is 0. The summed E-state index contributed by atoms with van der Waals surface area (Å²) < 4.78 is 0. The molecule has 0 aromatic rings. The lowest BCUT2D eigenvalue weighted by molar-refractivity contribution is 0.167. The van der Waals surface area contributed by atoms with Crippen molar-refractivity contribution >= 4 is 24.8 Å². The third-order valence-electron chi connectivity index (χ3n) is 0.362. The molecule has 0 aliphatic rings. The molecule has 0 radical (unpaired) electrons. The lowest BCUT2D eigenvalue weighted by atomic mass is 10.5. The maximum absolute atomic E-state index is 7.82. The average molecular weight is 148 g/mol. The quantitative estimate of drug-likeness (QED) is 0.577. The summed E-state index contributed by atoms with van der Waals surface area (Å²) in [6, 6.07) is 0. The first-order valence-electron chi connectivity index (χ1n) is 1.78. The Kier molecular flexibility index (Phi) is 35.9. The van der Waals surface area contributed by atoms with E-state index < -0.39 is 0 Å². The molecule has 0 aliphatic carbocycles. The number of rotatable bonds is 2. The summed E-state index contributed by atoms with van der Waals surface area (Å²) >= 11 is 0. The third-order valence-corrected chi connectivity index (χ3v) is 0.362. The lowest BCUT2D eigenvalue weighted by Crippen LogP contribution is -2.06. The van der Waals surface area contributed by atoms with Gasteiger partial charge < -0.3 is 5.21 Å². The van der Waals surface area contributed by atoms with Gasteiger partial charge in [-0.15, -0.1) is 24.8 Å². The van der Waals surface area contributed by atoms with E-state index in [0.717, 1.165) is 6.42 Å². The molecule has 0 rings (SSSR count). The van der Waals surface area contributed by atoms with Crippen molar-refractivity contribution in [1.29, 1.82) is 0 Å². The molecule has 2 N–H and O–H groups in total. The Morgan fingerprint density at radius 3 is 1.86 bits per heavy atom. The van der Waals surface area contributed by atoms with E-state index in [1.165, 1.54) is 0 Å². The summed E-state index contributed by atoms with van der Waals surface area (Å²) in [5.41, 5.74) is 2.02. The fourth-order valence-corrected chi connectivity index (χ4v) is 0.112.